The third kappa shape index (κ3) is 2.63. The van der Waals surface area contributed by atoms with Crippen LogP contribution in [0.1, 0.15) is 16.1 Å². The van der Waals surface area contributed by atoms with Gasteiger partial charge in [0.2, 0.25) is 0 Å². The van der Waals surface area contributed by atoms with Gasteiger partial charge < -0.3 is 5.11 Å². The van der Waals surface area contributed by atoms with Gasteiger partial charge in [-0.1, -0.05) is 23.2 Å². The highest BCUT2D eigenvalue weighted by molar-refractivity contribution is 6.35. The number of benzene rings is 1. The van der Waals surface area contributed by atoms with E-state index in [1.807, 2.05) is 0 Å². The highest BCUT2D eigenvalue weighted by Gasteiger charge is 2.11. The summed E-state index contributed by atoms with van der Waals surface area (Å²) < 4.78 is 0. The van der Waals surface area contributed by atoms with Gasteiger partial charge in [-0.3, -0.25) is 4.98 Å². The largest absolute Gasteiger partial charge is 0.478 e. The highest BCUT2D eigenvalue weighted by Crippen LogP contribution is 2.30. The first kappa shape index (κ1) is 12.9. The van der Waals surface area contributed by atoms with Crippen LogP contribution in [0.3, 0.4) is 0 Å². The number of aromatic nitrogens is 1. The molecule has 0 aliphatic carbocycles. The number of pyridine rings is 1. The summed E-state index contributed by atoms with van der Waals surface area (Å²) in [7, 11) is 0. The maximum Gasteiger partial charge on any atom is 0.335 e. The van der Waals surface area contributed by atoms with E-state index in [1.165, 1.54) is 12.1 Å². The summed E-state index contributed by atoms with van der Waals surface area (Å²) in [5.74, 6) is -1.00. The fourth-order valence-corrected chi connectivity index (χ4v) is 2.01. The molecule has 0 radical (unpaired) electrons. The summed E-state index contributed by atoms with van der Waals surface area (Å²) in [6.07, 6.45) is 0. The second kappa shape index (κ2) is 4.96. The number of nitrogens with zero attached hydrogens (tertiary/aromatic N) is 1. The number of halogens is 2. The van der Waals surface area contributed by atoms with E-state index in [0.29, 0.717) is 27.0 Å². The van der Waals surface area contributed by atoms with E-state index in [4.69, 9.17) is 28.3 Å². The summed E-state index contributed by atoms with van der Waals surface area (Å²) in [4.78, 5) is 15.3. The Morgan fingerprint density at radius 2 is 1.94 bits per heavy atom. The van der Waals surface area contributed by atoms with Gasteiger partial charge in [0.25, 0.3) is 0 Å². The molecule has 3 nitrogen and oxygen atoms in total. The smallest absolute Gasteiger partial charge is 0.335 e. The first-order valence-electron chi connectivity index (χ1n) is 5.15. The summed E-state index contributed by atoms with van der Waals surface area (Å²) in [6, 6.07) is 7.97. The van der Waals surface area contributed by atoms with Crippen molar-refractivity contribution in [3.63, 3.8) is 0 Å². The van der Waals surface area contributed by atoms with Crippen molar-refractivity contribution in [3.8, 4) is 11.3 Å². The van der Waals surface area contributed by atoms with Crippen LogP contribution in [-0.2, 0) is 0 Å². The maximum atomic E-state index is 11.0. The van der Waals surface area contributed by atoms with Crippen molar-refractivity contribution in [2.45, 2.75) is 6.92 Å². The summed E-state index contributed by atoms with van der Waals surface area (Å²) in [5, 5.41) is 10.0. The molecule has 0 saturated heterocycles. The van der Waals surface area contributed by atoms with E-state index in [9.17, 15) is 4.79 Å². The topological polar surface area (TPSA) is 50.2 Å². The Morgan fingerprint density at radius 3 is 2.61 bits per heavy atom. The second-order valence-corrected chi connectivity index (χ2v) is 4.66. The zero-order valence-electron chi connectivity index (χ0n) is 9.45. The Labute approximate surface area is 114 Å². The number of aryl methyl sites for hydroxylation is 1. The molecule has 92 valence electrons. The molecule has 5 heteroatoms. The number of carbonyl (C=O) groups is 1. The molecule has 1 aromatic carbocycles. The van der Waals surface area contributed by atoms with Gasteiger partial charge in [0, 0.05) is 16.3 Å². The molecule has 0 aliphatic rings. The maximum absolute atomic E-state index is 11.0. The van der Waals surface area contributed by atoms with Crippen LogP contribution in [0.2, 0.25) is 10.0 Å². The van der Waals surface area contributed by atoms with Crippen LogP contribution in [-0.4, -0.2) is 16.1 Å². The van der Waals surface area contributed by atoms with Gasteiger partial charge in [0.1, 0.15) is 0 Å². The molecule has 0 aliphatic heterocycles. The van der Waals surface area contributed by atoms with E-state index in [1.54, 1.807) is 25.1 Å². The molecule has 1 N–H and O–H groups in total. The van der Waals surface area contributed by atoms with E-state index < -0.39 is 5.97 Å². The van der Waals surface area contributed by atoms with Crippen LogP contribution >= 0.6 is 23.2 Å². The van der Waals surface area contributed by atoms with Crippen molar-refractivity contribution in [3.05, 3.63) is 51.6 Å². The van der Waals surface area contributed by atoms with Crippen molar-refractivity contribution >= 4 is 29.2 Å². The third-order valence-corrected chi connectivity index (χ3v) is 2.97. The molecular weight excluding hydrogens is 273 g/mol. The number of carboxylic acid groups (broad SMARTS) is 1. The monoisotopic (exact) mass is 281 g/mol. The van der Waals surface area contributed by atoms with Crippen LogP contribution < -0.4 is 0 Å². The average molecular weight is 282 g/mol. The molecule has 0 saturated carbocycles. The van der Waals surface area contributed by atoms with Crippen LogP contribution in [0.15, 0.2) is 30.3 Å². The van der Waals surface area contributed by atoms with Gasteiger partial charge in [-0.2, -0.15) is 0 Å². The molecule has 0 bridgehead atoms. The van der Waals surface area contributed by atoms with Gasteiger partial charge in [-0.15, -0.1) is 0 Å². The van der Waals surface area contributed by atoms with Crippen LogP contribution in [0.25, 0.3) is 11.3 Å². The molecule has 0 atom stereocenters. The Bertz CT molecular complexity index is 626. The number of carboxylic acids is 1. The predicted octanol–water partition coefficient (Wildman–Crippen LogP) is 4.06. The molecule has 2 aromatic rings. The molecule has 0 fully saturated rings. The molecule has 0 amide bonds. The summed E-state index contributed by atoms with van der Waals surface area (Å²) in [5.41, 5.74) is 1.91. The van der Waals surface area contributed by atoms with Gasteiger partial charge in [-0.05, 0) is 37.3 Å². The number of rotatable bonds is 2. The minimum atomic E-state index is -1.00. The molecule has 1 heterocycles. The quantitative estimate of drug-likeness (QED) is 0.903. The lowest BCUT2D eigenvalue weighted by Gasteiger charge is -2.07. The molecule has 0 unspecified atom stereocenters. The van der Waals surface area contributed by atoms with Crippen molar-refractivity contribution in [2.75, 3.05) is 0 Å². The number of hydrogen-bond acceptors (Lipinski definition) is 2. The SMILES string of the molecule is Cc1cc(C(=O)O)cc(-c2cc(Cl)ccc2Cl)n1. The van der Waals surface area contributed by atoms with E-state index in [0.717, 1.165) is 0 Å². The molecule has 0 spiro atoms. The lowest BCUT2D eigenvalue weighted by molar-refractivity contribution is 0.0696. The molecular formula is C13H9Cl2NO2. The fraction of sp³-hybridized carbons (Fsp3) is 0.0769. The van der Waals surface area contributed by atoms with Gasteiger partial charge in [0.15, 0.2) is 0 Å². The van der Waals surface area contributed by atoms with Crippen molar-refractivity contribution in [1.82, 2.24) is 4.98 Å². The lowest BCUT2D eigenvalue weighted by Crippen LogP contribution is -1.99. The zero-order chi connectivity index (χ0) is 13.3. The number of aromatic carboxylic acids is 1. The van der Waals surface area contributed by atoms with Crippen LogP contribution in [0.5, 0.6) is 0 Å². The van der Waals surface area contributed by atoms with Crippen molar-refractivity contribution in [2.24, 2.45) is 0 Å². The minimum absolute atomic E-state index is 0.175. The van der Waals surface area contributed by atoms with Crippen LogP contribution in [0.4, 0.5) is 0 Å². The average Bonchev–Trinajstić information content (AvgIpc) is 2.31. The Hall–Kier alpha value is -1.58. The summed E-state index contributed by atoms with van der Waals surface area (Å²) >= 11 is 12.0. The van der Waals surface area contributed by atoms with Crippen molar-refractivity contribution in [1.29, 1.82) is 0 Å². The van der Waals surface area contributed by atoms with Crippen LogP contribution in [0, 0.1) is 6.92 Å². The molecule has 2 rings (SSSR count). The van der Waals surface area contributed by atoms with Gasteiger partial charge in [0.05, 0.1) is 16.3 Å². The lowest BCUT2D eigenvalue weighted by atomic mass is 10.1. The Balaban J connectivity index is 2.63. The van der Waals surface area contributed by atoms with Gasteiger partial charge in [-0.25, -0.2) is 4.79 Å². The van der Waals surface area contributed by atoms with E-state index in [-0.39, 0.29) is 5.56 Å². The van der Waals surface area contributed by atoms with E-state index >= 15 is 0 Å². The Kier molecular flexibility index (Phi) is 3.55. The zero-order valence-corrected chi connectivity index (χ0v) is 11.0. The number of hydrogen-bond donors (Lipinski definition) is 1. The second-order valence-electron chi connectivity index (χ2n) is 3.81. The van der Waals surface area contributed by atoms with E-state index in [2.05, 4.69) is 4.98 Å². The first-order valence-corrected chi connectivity index (χ1v) is 5.90. The molecule has 1 aromatic heterocycles. The first-order chi connectivity index (χ1) is 8.47. The molecule has 18 heavy (non-hydrogen) atoms. The fourth-order valence-electron chi connectivity index (χ4n) is 1.62. The highest BCUT2D eigenvalue weighted by atomic mass is 35.5. The minimum Gasteiger partial charge on any atom is -0.478 e. The third-order valence-electron chi connectivity index (χ3n) is 2.40. The van der Waals surface area contributed by atoms with Crippen molar-refractivity contribution < 1.29 is 9.90 Å². The normalized spacial score (nSPS) is 10.4. The standard InChI is InChI=1S/C13H9Cl2NO2/c1-7-4-8(13(17)18)5-12(16-7)10-6-9(14)2-3-11(10)15/h2-6H,1H3,(H,17,18). The predicted molar refractivity (Wildman–Crippen MR) is 71.4 cm³/mol. The summed E-state index contributed by atoms with van der Waals surface area (Å²) in [6.45, 7) is 1.73. The van der Waals surface area contributed by atoms with Gasteiger partial charge >= 0.3 is 5.97 Å². The Morgan fingerprint density at radius 1 is 1.22 bits per heavy atom.